The maximum absolute atomic E-state index is 10.0. The fourth-order valence-corrected chi connectivity index (χ4v) is 2.01. The van der Waals surface area contributed by atoms with Gasteiger partial charge in [0.25, 0.3) is 0 Å². The first-order valence-electron chi connectivity index (χ1n) is 5.37. The predicted octanol–water partition coefficient (Wildman–Crippen LogP) is 1.44. The van der Waals surface area contributed by atoms with E-state index in [0.717, 1.165) is 43.5 Å². The molecule has 0 atom stereocenters. The Hall–Kier alpha value is -0.830. The van der Waals surface area contributed by atoms with Crippen LogP contribution in [0.1, 0.15) is 37.6 Å². The van der Waals surface area contributed by atoms with Crippen molar-refractivity contribution in [3.05, 3.63) is 17.5 Å². The second kappa shape index (κ2) is 3.39. The average molecular weight is 194 g/mol. The summed E-state index contributed by atoms with van der Waals surface area (Å²) in [6.45, 7) is 2.10. The van der Waals surface area contributed by atoms with E-state index in [0.29, 0.717) is 0 Å². The summed E-state index contributed by atoms with van der Waals surface area (Å²) < 4.78 is 1.90. The number of rotatable bonds is 3. The molecule has 0 unspecified atom stereocenters. The van der Waals surface area contributed by atoms with Crippen molar-refractivity contribution in [2.45, 2.75) is 44.6 Å². The quantitative estimate of drug-likeness (QED) is 0.790. The minimum Gasteiger partial charge on any atom is -0.389 e. The molecule has 0 amide bonds. The zero-order valence-corrected chi connectivity index (χ0v) is 8.95. The Morgan fingerprint density at radius 2 is 2.29 bits per heavy atom. The van der Waals surface area contributed by atoms with E-state index in [-0.39, 0.29) is 0 Å². The van der Waals surface area contributed by atoms with Crippen molar-refractivity contribution in [2.24, 2.45) is 7.05 Å². The highest BCUT2D eigenvalue weighted by Crippen LogP contribution is 2.34. The summed E-state index contributed by atoms with van der Waals surface area (Å²) in [6, 6.07) is 2.11. The Bertz CT molecular complexity index is 326. The monoisotopic (exact) mass is 194 g/mol. The first-order chi connectivity index (χ1) is 6.63. The van der Waals surface area contributed by atoms with Crippen molar-refractivity contribution in [1.82, 2.24) is 9.78 Å². The van der Waals surface area contributed by atoms with E-state index in [1.54, 1.807) is 0 Å². The Morgan fingerprint density at radius 3 is 2.71 bits per heavy atom. The van der Waals surface area contributed by atoms with E-state index in [9.17, 15) is 5.11 Å². The van der Waals surface area contributed by atoms with Crippen LogP contribution in [0.2, 0.25) is 0 Å². The summed E-state index contributed by atoms with van der Waals surface area (Å²) >= 11 is 0. The van der Waals surface area contributed by atoms with Gasteiger partial charge in [-0.2, -0.15) is 5.10 Å². The van der Waals surface area contributed by atoms with Gasteiger partial charge >= 0.3 is 0 Å². The van der Waals surface area contributed by atoms with E-state index < -0.39 is 5.60 Å². The molecule has 2 rings (SSSR count). The maximum atomic E-state index is 10.0. The lowest BCUT2D eigenvalue weighted by atomic mass is 9.77. The number of hydrogen-bond acceptors (Lipinski definition) is 2. The fraction of sp³-hybridized carbons (Fsp3) is 0.727. The fourth-order valence-electron chi connectivity index (χ4n) is 2.01. The second-order valence-electron chi connectivity index (χ2n) is 4.36. The molecule has 1 saturated carbocycles. The minimum atomic E-state index is -0.432. The number of aryl methyl sites for hydroxylation is 2. The number of aromatic nitrogens is 2. The normalized spacial score (nSPS) is 19.4. The average Bonchev–Trinajstić information content (AvgIpc) is 2.45. The highest BCUT2D eigenvalue weighted by molar-refractivity contribution is 5.13. The van der Waals surface area contributed by atoms with Crippen LogP contribution in [-0.4, -0.2) is 20.5 Å². The standard InChI is InChI=1S/C11H18N2O/c1-3-9-7-10(13(2)12-9)8-11(14)5-4-6-11/h7,14H,3-6,8H2,1-2H3. The van der Waals surface area contributed by atoms with Gasteiger partial charge in [0, 0.05) is 19.2 Å². The minimum absolute atomic E-state index is 0.432. The molecule has 1 aromatic heterocycles. The molecule has 3 nitrogen and oxygen atoms in total. The molecule has 0 saturated heterocycles. The molecular weight excluding hydrogens is 176 g/mol. The van der Waals surface area contributed by atoms with Gasteiger partial charge in [-0.1, -0.05) is 6.92 Å². The van der Waals surface area contributed by atoms with E-state index in [1.165, 1.54) is 0 Å². The summed E-state index contributed by atoms with van der Waals surface area (Å²) in [4.78, 5) is 0. The second-order valence-corrected chi connectivity index (χ2v) is 4.36. The van der Waals surface area contributed by atoms with E-state index >= 15 is 0 Å². The third-order valence-corrected chi connectivity index (χ3v) is 3.18. The number of aliphatic hydroxyl groups is 1. The van der Waals surface area contributed by atoms with Crippen molar-refractivity contribution in [3.8, 4) is 0 Å². The van der Waals surface area contributed by atoms with Crippen LogP contribution < -0.4 is 0 Å². The molecule has 0 bridgehead atoms. The van der Waals surface area contributed by atoms with Gasteiger partial charge < -0.3 is 5.11 Å². The first-order valence-corrected chi connectivity index (χ1v) is 5.37. The van der Waals surface area contributed by atoms with Crippen LogP contribution in [0.5, 0.6) is 0 Å². The van der Waals surface area contributed by atoms with Crippen LogP contribution in [0.25, 0.3) is 0 Å². The zero-order valence-electron chi connectivity index (χ0n) is 8.95. The highest BCUT2D eigenvalue weighted by Gasteiger charge is 2.35. The summed E-state index contributed by atoms with van der Waals surface area (Å²) in [5.41, 5.74) is 1.84. The lowest BCUT2D eigenvalue weighted by Crippen LogP contribution is -2.39. The third kappa shape index (κ3) is 1.69. The molecular formula is C11H18N2O. The Balaban J connectivity index is 2.11. The lowest BCUT2D eigenvalue weighted by Gasteiger charge is -2.36. The van der Waals surface area contributed by atoms with Gasteiger partial charge in [0.1, 0.15) is 0 Å². The van der Waals surface area contributed by atoms with Gasteiger partial charge in [0.05, 0.1) is 11.3 Å². The summed E-state index contributed by atoms with van der Waals surface area (Å²) in [5, 5.41) is 14.4. The maximum Gasteiger partial charge on any atom is 0.0702 e. The Morgan fingerprint density at radius 1 is 1.57 bits per heavy atom. The summed E-state index contributed by atoms with van der Waals surface area (Å²) in [7, 11) is 1.95. The molecule has 0 aromatic carbocycles. The molecule has 0 spiro atoms. The van der Waals surface area contributed by atoms with Gasteiger partial charge in [-0.15, -0.1) is 0 Å². The van der Waals surface area contributed by atoms with Crippen molar-refractivity contribution < 1.29 is 5.11 Å². The highest BCUT2D eigenvalue weighted by atomic mass is 16.3. The third-order valence-electron chi connectivity index (χ3n) is 3.18. The molecule has 0 aliphatic heterocycles. The van der Waals surface area contributed by atoms with Gasteiger partial charge in [-0.05, 0) is 31.7 Å². The van der Waals surface area contributed by atoms with Crippen LogP contribution in [0.15, 0.2) is 6.07 Å². The van der Waals surface area contributed by atoms with Crippen molar-refractivity contribution >= 4 is 0 Å². The largest absolute Gasteiger partial charge is 0.389 e. The number of hydrogen-bond donors (Lipinski definition) is 1. The molecule has 0 radical (unpaired) electrons. The first kappa shape index (κ1) is 9.71. The smallest absolute Gasteiger partial charge is 0.0702 e. The molecule has 1 fully saturated rings. The van der Waals surface area contributed by atoms with E-state index in [2.05, 4.69) is 18.1 Å². The molecule has 1 aromatic rings. The molecule has 1 heterocycles. The number of nitrogens with zero attached hydrogens (tertiary/aromatic N) is 2. The van der Waals surface area contributed by atoms with Crippen molar-refractivity contribution in [2.75, 3.05) is 0 Å². The summed E-state index contributed by atoms with van der Waals surface area (Å²) in [6.07, 6.45) is 4.77. The lowest BCUT2D eigenvalue weighted by molar-refractivity contribution is -0.0337. The Labute approximate surface area is 84.7 Å². The van der Waals surface area contributed by atoms with Gasteiger partial charge in [0.15, 0.2) is 0 Å². The molecule has 1 aliphatic rings. The summed E-state index contributed by atoms with van der Waals surface area (Å²) in [5.74, 6) is 0. The molecule has 1 aliphatic carbocycles. The van der Waals surface area contributed by atoms with Crippen molar-refractivity contribution in [1.29, 1.82) is 0 Å². The van der Waals surface area contributed by atoms with Gasteiger partial charge in [-0.25, -0.2) is 0 Å². The molecule has 3 heteroatoms. The van der Waals surface area contributed by atoms with Crippen LogP contribution in [0.3, 0.4) is 0 Å². The molecule has 1 N–H and O–H groups in total. The van der Waals surface area contributed by atoms with E-state index in [4.69, 9.17) is 0 Å². The van der Waals surface area contributed by atoms with Crippen LogP contribution in [0, 0.1) is 0 Å². The van der Waals surface area contributed by atoms with Crippen LogP contribution in [-0.2, 0) is 19.9 Å². The topological polar surface area (TPSA) is 38.0 Å². The van der Waals surface area contributed by atoms with Gasteiger partial charge in [0.2, 0.25) is 0 Å². The van der Waals surface area contributed by atoms with Crippen LogP contribution in [0.4, 0.5) is 0 Å². The van der Waals surface area contributed by atoms with E-state index in [1.807, 2.05) is 11.7 Å². The zero-order chi connectivity index (χ0) is 10.2. The molecule has 14 heavy (non-hydrogen) atoms. The van der Waals surface area contributed by atoms with Crippen LogP contribution >= 0.6 is 0 Å². The van der Waals surface area contributed by atoms with Gasteiger partial charge in [-0.3, -0.25) is 4.68 Å². The SMILES string of the molecule is CCc1cc(CC2(O)CCC2)n(C)n1. The molecule has 78 valence electrons. The predicted molar refractivity (Wildman–Crippen MR) is 55.1 cm³/mol. The van der Waals surface area contributed by atoms with Crippen molar-refractivity contribution in [3.63, 3.8) is 0 Å². The Kier molecular flexibility index (Phi) is 2.35.